The third kappa shape index (κ3) is 9.72. The molecule has 170 valence electrons. The maximum atomic E-state index is 12.8. The SMILES string of the molecule is CN=C(NCCCN(C)C)N1CCC(N(CC2CC2)C(=O)OC(C)(C)C)CC1.I. The molecule has 0 bridgehead atoms. The fraction of sp³-hybridized carbons (Fsp3) is 0.905. The number of hydrogen-bond acceptors (Lipinski definition) is 4. The van der Waals surface area contributed by atoms with Crippen LogP contribution in [0.4, 0.5) is 4.79 Å². The second kappa shape index (κ2) is 12.2. The van der Waals surface area contributed by atoms with E-state index in [0.29, 0.717) is 5.92 Å². The summed E-state index contributed by atoms with van der Waals surface area (Å²) in [6.07, 6.45) is 5.35. The summed E-state index contributed by atoms with van der Waals surface area (Å²) in [4.78, 5) is 23.7. The lowest BCUT2D eigenvalue weighted by Gasteiger charge is -2.40. The smallest absolute Gasteiger partial charge is 0.410 e. The number of nitrogens with zero attached hydrogens (tertiary/aromatic N) is 4. The van der Waals surface area contributed by atoms with E-state index in [1.807, 2.05) is 32.7 Å². The lowest BCUT2D eigenvalue weighted by atomic mass is 10.0. The molecule has 1 amide bonds. The van der Waals surface area contributed by atoms with Gasteiger partial charge in [-0.25, -0.2) is 4.79 Å². The van der Waals surface area contributed by atoms with Gasteiger partial charge in [-0.15, -0.1) is 24.0 Å². The molecule has 8 heteroatoms. The number of amides is 1. The second-order valence-corrected chi connectivity index (χ2v) is 9.43. The number of carbonyl (C=O) groups excluding carboxylic acids is 1. The van der Waals surface area contributed by atoms with Crippen LogP contribution in [0, 0.1) is 5.92 Å². The van der Waals surface area contributed by atoms with Crippen LogP contribution in [0.15, 0.2) is 4.99 Å². The van der Waals surface area contributed by atoms with Crippen LogP contribution < -0.4 is 5.32 Å². The first-order chi connectivity index (χ1) is 13.2. The zero-order chi connectivity index (χ0) is 20.7. The summed E-state index contributed by atoms with van der Waals surface area (Å²) in [7, 11) is 6.04. The van der Waals surface area contributed by atoms with Crippen LogP contribution in [0.3, 0.4) is 0 Å². The Hall–Kier alpha value is -0.770. The molecule has 2 aliphatic rings. The van der Waals surface area contributed by atoms with E-state index >= 15 is 0 Å². The van der Waals surface area contributed by atoms with Gasteiger partial charge in [0.05, 0.1) is 0 Å². The van der Waals surface area contributed by atoms with Gasteiger partial charge in [-0.05, 0) is 79.4 Å². The lowest BCUT2D eigenvalue weighted by molar-refractivity contribution is 0.00928. The Bertz CT molecular complexity index is 524. The summed E-state index contributed by atoms with van der Waals surface area (Å²) in [5.74, 6) is 1.64. The molecule has 7 nitrogen and oxygen atoms in total. The third-order valence-corrected chi connectivity index (χ3v) is 5.26. The molecule has 29 heavy (non-hydrogen) atoms. The summed E-state index contributed by atoms with van der Waals surface area (Å²) in [5, 5.41) is 3.48. The molecule has 0 unspecified atom stereocenters. The maximum Gasteiger partial charge on any atom is 0.410 e. The third-order valence-electron chi connectivity index (χ3n) is 5.26. The summed E-state index contributed by atoms with van der Waals surface area (Å²) < 4.78 is 5.70. The van der Waals surface area contributed by atoms with Crippen molar-refractivity contribution < 1.29 is 9.53 Å². The van der Waals surface area contributed by atoms with Gasteiger partial charge in [-0.3, -0.25) is 4.99 Å². The van der Waals surface area contributed by atoms with Gasteiger partial charge >= 0.3 is 6.09 Å². The zero-order valence-corrected chi connectivity index (χ0v) is 21.6. The Morgan fingerprint density at radius 1 is 1.17 bits per heavy atom. The molecule has 0 aromatic rings. The van der Waals surface area contributed by atoms with Gasteiger partial charge in [0.25, 0.3) is 0 Å². The van der Waals surface area contributed by atoms with Crippen LogP contribution in [0.1, 0.15) is 52.9 Å². The van der Waals surface area contributed by atoms with Crippen molar-refractivity contribution in [3.05, 3.63) is 0 Å². The standard InChI is InChI=1S/C21H41N5O2.HI/c1-21(2,3)28-20(27)26(16-17-8-9-17)18-10-14-25(15-11-18)19(22-4)23-12-7-13-24(5)6;/h17-18H,7-16H2,1-6H3,(H,22,23);1H. The number of ether oxygens (including phenoxy) is 1. The van der Waals surface area contributed by atoms with E-state index in [4.69, 9.17) is 4.74 Å². The van der Waals surface area contributed by atoms with E-state index in [-0.39, 0.29) is 36.1 Å². The summed E-state index contributed by atoms with van der Waals surface area (Å²) in [6, 6.07) is 0.263. The number of aliphatic imine (C=N–C) groups is 1. The molecular weight excluding hydrogens is 481 g/mol. The molecule has 0 atom stereocenters. The van der Waals surface area contributed by atoms with Gasteiger partial charge < -0.3 is 24.8 Å². The van der Waals surface area contributed by atoms with E-state index in [0.717, 1.165) is 57.9 Å². The first-order valence-electron chi connectivity index (χ1n) is 10.8. The normalized spacial score (nSPS) is 18.4. The van der Waals surface area contributed by atoms with E-state index in [9.17, 15) is 4.79 Å². The average Bonchev–Trinajstić information content (AvgIpc) is 3.42. The fourth-order valence-electron chi connectivity index (χ4n) is 3.59. The van der Waals surface area contributed by atoms with Crippen LogP contribution >= 0.6 is 24.0 Å². The van der Waals surface area contributed by atoms with Gasteiger partial charge in [0.2, 0.25) is 0 Å². The number of halogens is 1. The highest BCUT2D eigenvalue weighted by Gasteiger charge is 2.35. The number of likely N-dealkylation sites (tertiary alicyclic amines) is 1. The highest BCUT2D eigenvalue weighted by Crippen LogP contribution is 2.32. The average molecular weight is 524 g/mol. The lowest BCUT2D eigenvalue weighted by Crippen LogP contribution is -2.52. The first kappa shape index (κ1) is 26.3. The predicted molar refractivity (Wildman–Crippen MR) is 130 cm³/mol. The highest BCUT2D eigenvalue weighted by molar-refractivity contribution is 14.0. The molecule has 0 aromatic carbocycles. The molecule has 0 radical (unpaired) electrons. The quantitative estimate of drug-likeness (QED) is 0.240. The van der Waals surface area contributed by atoms with E-state index in [2.05, 4.69) is 34.2 Å². The van der Waals surface area contributed by atoms with Gasteiger partial charge in [0.15, 0.2) is 5.96 Å². The molecule has 1 saturated heterocycles. The minimum Gasteiger partial charge on any atom is -0.444 e. The van der Waals surface area contributed by atoms with Crippen molar-refractivity contribution in [2.75, 3.05) is 53.9 Å². The van der Waals surface area contributed by atoms with Crippen LogP contribution in [0.25, 0.3) is 0 Å². The Kier molecular flexibility index (Phi) is 11.0. The van der Waals surface area contributed by atoms with Gasteiger partial charge in [0, 0.05) is 39.3 Å². The molecule has 1 N–H and O–H groups in total. The summed E-state index contributed by atoms with van der Waals surface area (Å²) >= 11 is 0. The van der Waals surface area contributed by atoms with E-state index in [1.165, 1.54) is 12.8 Å². The van der Waals surface area contributed by atoms with Crippen LogP contribution in [-0.4, -0.2) is 92.3 Å². The fourth-order valence-corrected chi connectivity index (χ4v) is 3.59. The maximum absolute atomic E-state index is 12.8. The zero-order valence-electron chi connectivity index (χ0n) is 19.2. The monoisotopic (exact) mass is 523 g/mol. The van der Waals surface area contributed by atoms with Crippen molar-refractivity contribution in [1.29, 1.82) is 0 Å². The van der Waals surface area contributed by atoms with Crippen molar-refractivity contribution in [3.8, 4) is 0 Å². The van der Waals surface area contributed by atoms with Crippen molar-refractivity contribution in [2.24, 2.45) is 10.9 Å². The highest BCUT2D eigenvalue weighted by atomic mass is 127. The Morgan fingerprint density at radius 3 is 2.28 bits per heavy atom. The second-order valence-electron chi connectivity index (χ2n) is 9.43. The molecule has 2 rings (SSSR count). The predicted octanol–water partition coefficient (Wildman–Crippen LogP) is 3.24. The number of nitrogens with one attached hydrogen (secondary N) is 1. The van der Waals surface area contributed by atoms with Crippen molar-refractivity contribution in [2.45, 2.75) is 64.5 Å². The molecule has 1 heterocycles. The first-order valence-corrected chi connectivity index (χ1v) is 10.8. The topological polar surface area (TPSA) is 60.4 Å². The van der Waals surface area contributed by atoms with Crippen LogP contribution in [-0.2, 0) is 4.74 Å². The number of piperidine rings is 1. The number of carbonyl (C=O) groups is 1. The Balaban J connectivity index is 0.00000420. The van der Waals surface area contributed by atoms with E-state index in [1.54, 1.807) is 0 Å². The minimum atomic E-state index is -0.446. The van der Waals surface area contributed by atoms with Gasteiger partial charge in [-0.2, -0.15) is 0 Å². The van der Waals surface area contributed by atoms with Crippen molar-refractivity contribution in [1.82, 2.24) is 20.0 Å². The Labute approximate surface area is 194 Å². The van der Waals surface area contributed by atoms with Gasteiger partial charge in [0.1, 0.15) is 5.60 Å². The molecular formula is C21H42IN5O2. The molecule has 1 aliphatic heterocycles. The largest absolute Gasteiger partial charge is 0.444 e. The number of rotatable bonds is 7. The minimum absolute atomic E-state index is 0. The van der Waals surface area contributed by atoms with Gasteiger partial charge in [-0.1, -0.05) is 0 Å². The molecule has 2 fully saturated rings. The van der Waals surface area contributed by atoms with Crippen molar-refractivity contribution >= 4 is 36.0 Å². The summed E-state index contributed by atoms with van der Waals surface area (Å²) in [6.45, 7) is 10.5. The van der Waals surface area contributed by atoms with Crippen LogP contribution in [0.2, 0.25) is 0 Å². The Morgan fingerprint density at radius 2 is 1.79 bits per heavy atom. The molecule has 0 spiro atoms. The number of hydrogen-bond donors (Lipinski definition) is 1. The van der Waals surface area contributed by atoms with Crippen LogP contribution in [0.5, 0.6) is 0 Å². The molecule has 1 saturated carbocycles. The van der Waals surface area contributed by atoms with E-state index < -0.39 is 5.60 Å². The number of guanidine groups is 1. The summed E-state index contributed by atoms with van der Waals surface area (Å²) in [5.41, 5.74) is -0.446. The molecule has 0 aromatic heterocycles. The molecule has 1 aliphatic carbocycles. The van der Waals surface area contributed by atoms with Crippen molar-refractivity contribution in [3.63, 3.8) is 0 Å².